The molecule has 0 atom stereocenters. The van der Waals surface area contributed by atoms with Gasteiger partial charge in [0, 0.05) is 24.6 Å². The molecule has 114 valence electrons. The van der Waals surface area contributed by atoms with Gasteiger partial charge >= 0.3 is 0 Å². The Hall–Kier alpha value is -2.53. The summed E-state index contributed by atoms with van der Waals surface area (Å²) in [4.78, 5) is 16.3. The van der Waals surface area contributed by atoms with Crippen LogP contribution in [0.25, 0.3) is 0 Å². The Morgan fingerprint density at radius 3 is 2.86 bits per heavy atom. The molecule has 2 aromatic rings. The second-order valence-electron chi connectivity index (χ2n) is 4.44. The van der Waals surface area contributed by atoms with Gasteiger partial charge in [-0.1, -0.05) is 17.7 Å². The second kappa shape index (κ2) is 7.47. The number of nitrogens with one attached hydrogen (secondary N) is 2. The van der Waals surface area contributed by atoms with E-state index in [0.29, 0.717) is 28.6 Å². The summed E-state index contributed by atoms with van der Waals surface area (Å²) in [7, 11) is 1.53. The lowest BCUT2D eigenvalue weighted by molar-refractivity contribution is 0.102. The van der Waals surface area contributed by atoms with E-state index in [-0.39, 0.29) is 5.91 Å². The molecule has 2 N–H and O–H groups in total. The predicted octanol–water partition coefficient (Wildman–Crippen LogP) is 3.59. The number of ether oxygens (including phenoxy) is 1. The molecule has 1 aromatic heterocycles. The average molecular weight is 318 g/mol. The van der Waals surface area contributed by atoms with Gasteiger partial charge in [-0.3, -0.25) is 9.78 Å². The predicted molar refractivity (Wildman–Crippen MR) is 88.9 cm³/mol. The second-order valence-corrected chi connectivity index (χ2v) is 4.84. The third kappa shape index (κ3) is 3.99. The van der Waals surface area contributed by atoms with Crippen molar-refractivity contribution in [1.82, 2.24) is 4.98 Å². The fraction of sp³-hybridized carbons (Fsp3) is 0.125. The first-order valence-corrected chi connectivity index (χ1v) is 6.96. The van der Waals surface area contributed by atoms with Gasteiger partial charge in [-0.05, 0) is 24.3 Å². The van der Waals surface area contributed by atoms with Gasteiger partial charge in [0.1, 0.15) is 5.75 Å². The Morgan fingerprint density at radius 2 is 2.18 bits per heavy atom. The molecular weight excluding hydrogens is 302 g/mol. The number of methoxy groups -OCH3 is 1. The van der Waals surface area contributed by atoms with Gasteiger partial charge in [-0.2, -0.15) is 0 Å². The number of benzene rings is 1. The summed E-state index contributed by atoms with van der Waals surface area (Å²) >= 11 is 6.03. The summed E-state index contributed by atoms with van der Waals surface area (Å²) in [5, 5.41) is 6.28. The van der Waals surface area contributed by atoms with Gasteiger partial charge in [0.2, 0.25) is 0 Å². The highest BCUT2D eigenvalue weighted by Crippen LogP contribution is 2.27. The third-order valence-corrected chi connectivity index (χ3v) is 3.16. The first-order chi connectivity index (χ1) is 10.6. The van der Waals surface area contributed by atoms with E-state index in [1.807, 2.05) is 0 Å². The normalized spacial score (nSPS) is 9.91. The summed E-state index contributed by atoms with van der Waals surface area (Å²) < 4.78 is 5.07. The van der Waals surface area contributed by atoms with Crippen LogP contribution in [0.15, 0.2) is 49.3 Å². The maximum atomic E-state index is 12.2. The van der Waals surface area contributed by atoms with Crippen molar-refractivity contribution >= 4 is 28.9 Å². The van der Waals surface area contributed by atoms with Crippen LogP contribution < -0.4 is 15.4 Å². The van der Waals surface area contributed by atoms with Gasteiger partial charge in [0.25, 0.3) is 5.91 Å². The standard InChI is InChI=1S/C16H16ClN3O2/c1-3-6-19-13-7-11(9-18-10-13)16(21)20-12-4-5-15(22-2)14(17)8-12/h3-5,7-10,19H,1,6H2,2H3,(H,20,21). The van der Waals surface area contributed by atoms with Crippen LogP contribution in [0.3, 0.4) is 0 Å². The lowest BCUT2D eigenvalue weighted by Gasteiger charge is -2.09. The molecule has 0 unspecified atom stereocenters. The maximum absolute atomic E-state index is 12.2. The summed E-state index contributed by atoms with van der Waals surface area (Å²) in [5.41, 5.74) is 1.78. The van der Waals surface area contributed by atoms with E-state index >= 15 is 0 Å². The first kappa shape index (κ1) is 15.9. The number of hydrogen-bond donors (Lipinski definition) is 2. The molecule has 1 heterocycles. The molecule has 0 aliphatic carbocycles. The quantitative estimate of drug-likeness (QED) is 0.799. The number of aromatic nitrogens is 1. The molecule has 1 aromatic carbocycles. The summed E-state index contributed by atoms with van der Waals surface area (Å²) in [6.45, 7) is 4.22. The Morgan fingerprint density at radius 1 is 1.36 bits per heavy atom. The zero-order valence-electron chi connectivity index (χ0n) is 12.1. The van der Waals surface area contributed by atoms with E-state index in [1.165, 1.54) is 13.3 Å². The largest absolute Gasteiger partial charge is 0.495 e. The van der Waals surface area contributed by atoms with Crippen LogP contribution in [0.4, 0.5) is 11.4 Å². The van der Waals surface area contributed by atoms with Crippen molar-refractivity contribution in [2.24, 2.45) is 0 Å². The summed E-state index contributed by atoms with van der Waals surface area (Å²) in [6, 6.07) is 6.76. The van der Waals surface area contributed by atoms with E-state index in [2.05, 4.69) is 22.2 Å². The SMILES string of the molecule is C=CCNc1cncc(C(=O)Nc2ccc(OC)c(Cl)c2)c1. The van der Waals surface area contributed by atoms with Gasteiger partial charge in [-0.15, -0.1) is 6.58 Å². The molecule has 1 amide bonds. The smallest absolute Gasteiger partial charge is 0.257 e. The Kier molecular flexibility index (Phi) is 5.38. The number of amides is 1. The number of anilines is 2. The lowest BCUT2D eigenvalue weighted by Crippen LogP contribution is -2.13. The van der Waals surface area contributed by atoms with Crippen molar-refractivity contribution in [1.29, 1.82) is 0 Å². The molecular formula is C16H16ClN3O2. The molecule has 0 spiro atoms. The van der Waals surface area contributed by atoms with E-state index in [1.54, 1.807) is 36.5 Å². The molecule has 0 bridgehead atoms. The van der Waals surface area contributed by atoms with Crippen molar-refractivity contribution < 1.29 is 9.53 Å². The van der Waals surface area contributed by atoms with Crippen molar-refractivity contribution in [3.63, 3.8) is 0 Å². The number of nitrogens with zero attached hydrogens (tertiary/aromatic N) is 1. The van der Waals surface area contributed by atoms with Crippen LogP contribution in [0.2, 0.25) is 5.02 Å². The van der Waals surface area contributed by atoms with Crippen molar-refractivity contribution in [2.75, 3.05) is 24.3 Å². The minimum absolute atomic E-state index is 0.268. The van der Waals surface area contributed by atoms with Crippen LogP contribution in [-0.2, 0) is 0 Å². The molecule has 5 nitrogen and oxygen atoms in total. The van der Waals surface area contributed by atoms with Crippen LogP contribution in [-0.4, -0.2) is 24.5 Å². The number of pyridine rings is 1. The van der Waals surface area contributed by atoms with Gasteiger partial charge in [0.05, 0.1) is 23.4 Å². The summed E-state index contributed by atoms with van der Waals surface area (Å²) in [5.74, 6) is 0.285. The van der Waals surface area contributed by atoms with E-state index in [4.69, 9.17) is 16.3 Å². The number of halogens is 1. The molecule has 0 saturated carbocycles. The molecule has 2 rings (SSSR count). The van der Waals surface area contributed by atoms with E-state index in [0.717, 1.165) is 5.69 Å². The van der Waals surface area contributed by atoms with Crippen molar-refractivity contribution in [2.45, 2.75) is 0 Å². The fourth-order valence-electron chi connectivity index (χ4n) is 1.80. The van der Waals surface area contributed by atoms with Crippen molar-refractivity contribution in [3.8, 4) is 5.75 Å². The lowest BCUT2D eigenvalue weighted by atomic mass is 10.2. The zero-order chi connectivity index (χ0) is 15.9. The maximum Gasteiger partial charge on any atom is 0.257 e. The molecule has 6 heteroatoms. The Labute approximate surface area is 134 Å². The van der Waals surface area contributed by atoms with E-state index in [9.17, 15) is 4.79 Å². The Bertz CT molecular complexity index is 689. The average Bonchev–Trinajstić information content (AvgIpc) is 2.53. The number of carbonyl (C=O) groups is 1. The van der Waals surface area contributed by atoms with E-state index < -0.39 is 0 Å². The van der Waals surface area contributed by atoms with Crippen LogP contribution in [0.1, 0.15) is 10.4 Å². The Balaban J connectivity index is 2.11. The monoisotopic (exact) mass is 317 g/mol. The van der Waals surface area contributed by atoms with Crippen LogP contribution >= 0.6 is 11.6 Å². The molecule has 22 heavy (non-hydrogen) atoms. The fourth-order valence-corrected chi connectivity index (χ4v) is 2.06. The van der Waals surface area contributed by atoms with Gasteiger partial charge in [-0.25, -0.2) is 0 Å². The summed E-state index contributed by atoms with van der Waals surface area (Å²) in [6.07, 6.45) is 4.87. The molecule has 0 aliphatic heterocycles. The highest BCUT2D eigenvalue weighted by molar-refractivity contribution is 6.32. The topological polar surface area (TPSA) is 63.2 Å². The number of rotatable bonds is 6. The number of carbonyl (C=O) groups excluding carboxylic acids is 1. The van der Waals surface area contributed by atoms with Crippen molar-refractivity contribution in [3.05, 3.63) is 59.9 Å². The number of hydrogen-bond acceptors (Lipinski definition) is 4. The highest BCUT2D eigenvalue weighted by atomic mass is 35.5. The van der Waals surface area contributed by atoms with Gasteiger partial charge in [0.15, 0.2) is 0 Å². The molecule has 0 fully saturated rings. The first-order valence-electron chi connectivity index (χ1n) is 6.58. The van der Waals surface area contributed by atoms with Crippen LogP contribution in [0.5, 0.6) is 5.75 Å². The molecule has 0 aliphatic rings. The third-order valence-electron chi connectivity index (χ3n) is 2.86. The highest BCUT2D eigenvalue weighted by Gasteiger charge is 2.09. The minimum atomic E-state index is -0.268. The van der Waals surface area contributed by atoms with Crippen LogP contribution in [0, 0.1) is 0 Å². The molecule has 0 radical (unpaired) electrons. The van der Waals surface area contributed by atoms with Gasteiger partial charge < -0.3 is 15.4 Å². The molecule has 0 saturated heterocycles. The zero-order valence-corrected chi connectivity index (χ0v) is 12.9. The minimum Gasteiger partial charge on any atom is -0.495 e.